The molecule has 0 saturated heterocycles. The number of ether oxygens (including phenoxy) is 3. The zero-order chi connectivity index (χ0) is 15.6. The predicted octanol–water partition coefficient (Wildman–Crippen LogP) is 4.11. The van der Waals surface area contributed by atoms with Crippen LogP contribution >= 0.6 is 0 Å². The summed E-state index contributed by atoms with van der Waals surface area (Å²) >= 11 is 0. The average Bonchev–Trinajstić information content (AvgIpc) is 2.49. The Bertz CT molecular complexity index is 219. The summed E-state index contributed by atoms with van der Waals surface area (Å²) in [6, 6.07) is 0. The lowest BCUT2D eigenvalue weighted by atomic mass is 10.1. The van der Waals surface area contributed by atoms with Crippen LogP contribution in [0.1, 0.15) is 71.6 Å². The normalized spacial score (nSPS) is 10.8. The number of rotatable bonds is 16. The van der Waals surface area contributed by atoms with Crippen LogP contribution in [0.15, 0.2) is 0 Å². The maximum atomic E-state index is 11.5. The van der Waals surface area contributed by atoms with E-state index in [1.54, 1.807) is 0 Å². The van der Waals surface area contributed by atoms with Crippen LogP contribution < -0.4 is 0 Å². The van der Waals surface area contributed by atoms with E-state index in [4.69, 9.17) is 14.2 Å². The van der Waals surface area contributed by atoms with Gasteiger partial charge in [-0.3, -0.25) is 4.79 Å². The van der Waals surface area contributed by atoms with Gasteiger partial charge >= 0.3 is 5.97 Å². The number of esters is 1. The third kappa shape index (κ3) is 17.3. The lowest BCUT2D eigenvalue weighted by Crippen LogP contribution is -2.09. The summed E-state index contributed by atoms with van der Waals surface area (Å²) in [5, 5.41) is 0. The molecule has 0 aliphatic rings. The maximum absolute atomic E-state index is 11.5. The Morgan fingerprint density at radius 2 is 1.38 bits per heavy atom. The molecule has 4 heteroatoms. The van der Waals surface area contributed by atoms with E-state index in [1.807, 2.05) is 6.92 Å². The number of carbonyl (C=O) groups excluding carboxylic acids is 1. The molecule has 0 atom stereocenters. The van der Waals surface area contributed by atoms with Crippen molar-refractivity contribution in [3.05, 3.63) is 0 Å². The molecule has 0 aromatic rings. The average molecular weight is 302 g/mol. The summed E-state index contributed by atoms with van der Waals surface area (Å²) in [4.78, 5) is 11.5. The molecule has 0 aliphatic heterocycles. The molecule has 4 nitrogen and oxygen atoms in total. The molecular formula is C17H34O4. The third-order valence-corrected chi connectivity index (χ3v) is 3.26. The number of unbranched alkanes of at least 4 members (excludes halogenated alkanes) is 6. The van der Waals surface area contributed by atoms with Crippen LogP contribution in [0.4, 0.5) is 0 Å². The standard InChI is InChI=1S/C17H34O4/c1-3-5-6-7-8-9-10-12-17(18)21-14-11-13-20-16-15-19-4-2/h3-16H2,1-2H3. The van der Waals surface area contributed by atoms with Crippen LogP contribution in [-0.2, 0) is 19.0 Å². The Morgan fingerprint density at radius 1 is 0.714 bits per heavy atom. The van der Waals surface area contributed by atoms with Gasteiger partial charge in [0.2, 0.25) is 0 Å². The van der Waals surface area contributed by atoms with Gasteiger partial charge in [0.15, 0.2) is 0 Å². The molecule has 0 aromatic heterocycles. The van der Waals surface area contributed by atoms with Crippen molar-refractivity contribution in [3.8, 4) is 0 Å². The summed E-state index contributed by atoms with van der Waals surface area (Å²) in [5.41, 5.74) is 0. The molecular weight excluding hydrogens is 268 g/mol. The van der Waals surface area contributed by atoms with Gasteiger partial charge in [-0.2, -0.15) is 0 Å². The fraction of sp³-hybridized carbons (Fsp3) is 0.941. The van der Waals surface area contributed by atoms with E-state index in [1.165, 1.54) is 32.1 Å². The fourth-order valence-corrected chi connectivity index (χ4v) is 2.01. The smallest absolute Gasteiger partial charge is 0.305 e. The zero-order valence-electron chi connectivity index (χ0n) is 14.0. The monoisotopic (exact) mass is 302 g/mol. The highest BCUT2D eigenvalue weighted by Gasteiger charge is 2.02. The summed E-state index contributed by atoms with van der Waals surface area (Å²) in [6.45, 7) is 7.24. The largest absolute Gasteiger partial charge is 0.466 e. The Labute approximate surface area is 130 Å². The Morgan fingerprint density at radius 3 is 2.10 bits per heavy atom. The first kappa shape index (κ1) is 20.4. The first-order chi connectivity index (χ1) is 10.3. The van der Waals surface area contributed by atoms with Gasteiger partial charge in [0.25, 0.3) is 0 Å². The molecule has 0 unspecified atom stereocenters. The van der Waals surface area contributed by atoms with E-state index in [0.717, 1.165) is 25.9 Å². The third-order valence-electron chi connectivity index (χ3n) is 3.26. The van der Waals surface area contributed by atoms with Gasteiger partial charge in [-0.1, -0.05) is 45.4 Å². The van der Waals surface area contributed by atoms with Crippen LogP contribution in [0.3, 0.4) is 0 Å². The summed E-state index contributed by atoms with van der Waals surface area (Å²) < 4.78 is 15.7. The SMILES string of the molecule is CCCCCCCCCC(=O)OCCCOCCOCC. The predicted molar refractivity (Wildman–Crippen MR) is 85.5 cm³/mol. The molecule has 0 radical (unpaired) electrons. The number of hydrogen-bond donors (Lipinski definition) is 0. The van der Waals surface area contributed by atoms with Crippen molar-refractivity contribution < 1.29 is 19.0 Å². The minimum atomic E-state index is -0.0714. The highest BCUT2D eigenvalue weighted by Crippen LogP contribution is 2.08. The van der Waals surface area contributed by atoms with Gasteiger partial charge < -0.3 is 14.2 Å². The van der Waals surface area contributed by atoms with Gasteiger partial charge in [-0.05, 0) is 13.3 Å². The highest BCUT2D eigenvalue weighted by molar-refractivity contribution is 5.69. The highest BCUT2D eigenvalue weighted by atomic mass is 16.5. The van der Waals surface area contributed by atoms with Crippen LogP contribution in [0.2, 0.25) is 0 Å². The van der Waals surface area contributed by atoms with Crippen molar-refractivity contribution in [2.45, 2.75) is 71.6 Å². The van der Waals surface area contributed by atoms with Crippen molar-refractivity contribution in [1.29, 1.82) is 0 Å². The van der Waals surface area contributed by atoms with Crippen LogP contribution in [-0.4, -0.2) is 39.0 Å². The molecule has 0 amide bonds. The Hall–Kier alpha value is -0.610. The van der Waals surface area contributed by atoms with E-state index in [9.17, 15) is 4.79 Å². The molecule has 0 aliphatic carbocycles. The van der Waals surface area contributed by atoms with Gasteiger partial charge in [0.1, 0.15) is 0 Å². The van der Waals surface area contributed by atoms with Crippen LogP contribution in [0, 0.1) is 0 Å². The van der Waals surface area contributed by atoms with Crippen molar-refractivity contribution in [2.75, 3.05) is 33.0 Å². The van der Waals surface area contributed by atoms with Gasteiger partial charge in [-0.15, -0.1) is 0 Å². The van der Waals surface area contributed by atoms with E-state index < -0.39 is 0 Å². The summed E-state index contributed by atoms with van der Waals surface area (Å²) in [6.07, 6.45) is 9.87. The Balaban J connectivity index is 3.13. The summed E-state index contributed by atoms with van der Waals surface area (Å²) in [5.74, 6) is -0.0714. The van der Waals surface area contributed by atoms with Gasteiger partial charge in [0.05, 0.1) is 19.8 Å². The lowest BCUT2D eigenvalue weighted by molar-refractivity contribution is -0.144. The van der Waals surface area contributed by atoms with E-state index in [-0.39, 0.29) is 5.97 Å². The maximum Gasteiger partial charge on any atom is 0.305 e. The molecule has 0 aromatic carbocycles. The Kier molecular flexibility index (Phi) is 16.9. The number of carbonyl (C=O) groups is 1. The molecule has 21 heavy (non-hydrogen) atoms. The zero-order valence-corrected chi connectivity index (χ0v) is 14.0. The summed E-state index contributed by atoms with van der Waals surface area (Å²) in [7, 11) is 0. The lowest BCUT2D eigenvalue weighted by Gasteiger charge is -2.06. The van der Waals surface area contributed by atoms with E-state index in [0.29, 0.717) is 32.8 Å². The van der Waals surface area contributed by atoms with E-state index >= 15 is 0 Å². The molecule has 0 spiro atoms. The molecule has 0 N–H and O–H groups in total. The molecule has 0 rings (SSSR count). The van der Waals surface area contributed by atoms with Crippen molar-refractivity contribution in [3.63, 3.8) is 0 Å². The molecule has 126 valence electrons. The quantitative estimate of drug-likeness (QED) is 0.318. The second-order valence-corrected chi connectivity index (χ2v) is 5.25. The molecule has 0 bridgehead atoms. The van der Waals surface area contributed by atoms with Crippen molar-refractivity contribution in [2.24, 2.45) is 0 Å². The molecule has 0 fully saturated rings. The van der Waals surface area contributed by atoms with Crippen molar-refractivity contribution >= 4 is 5.97 Å². The minimum absolute atomic E-state index is 0.0714. The molecule has 0 saturated carbocycles. The minimum Gasteiger partial charge on any atom is -0.466 e. The van der Waals surface area contributed by atoms with Gasteiger partial charge in [-0.25, -0.2) is 0 Å². The fourth-order valence-electron chi connectivity index (χ4n) is 2.01. The van der Waals surface area contributed by atoms with Crippen molar-refractivity contribution in [1.82, 2.24) is 0 Å². The first-order valence-corrected chi connectivity index (χ1v) is 8.62. The number of hydrogen-bond acceptors (Lipinski definition) is 4. The topological polar surface area (TPSA) is 44.8 Å². The van der Waals surface area contributed by atoms with Gasteiger partial charge in [0, 0.05) is 26.1 Å². The van der Waals surface area contributed by atoms with Crippen LogP contribution in [0.25, 0.3) is 0 Å². The second-order valence-electron chi connectivity index (χ2n) is 5.25. The second kappa shape index (κ2) is 17.4. The van der Waals surface area contributed by atoms with E-state index in [2.05, 4.69) is 6.92 Å². The van der Waals surface area contributed by atoms with Crippen LogP contribution in [0.5, 0.6) is 0 Å². The first-order valence-electron chi connectivity index (χ1n) is 8.62. The molecule has 0 heterocycles.